The SMILES string of the molecule is CCCCCCCCC[CH]CC1CCO1. The van der Waals surface area contributed by atoms with Gasteiger partial charge in [-0.25, -0.2) is 0 Å². The van der Waals surface area contributed by atoms with E-state index in [1.165, 1.54) is 64.2 Å². The smallest absolute Gasteiger partial charge is 0.0599 e. The Morgan fingerprint density at radius 1 is 1.07 bits per heavy atom. The molecule has 89 valence electrons. The summed E-state index contributed by atoms with van der Waals surface area (Å²) in [5.74, 6) is 0. The van der Waals surface area contributed by atoms with Gasteiger partial charge < -0.3 is 4.74 Å². The van der Waals surface area contributed by atoms with Crippen molar-refractivity contribution in [3.05, 3.63) is 6.42 Å². The molecule has 1 rings (SSSR count). The van der Waals surface area contributed by atoms with Crippen molar-refractivity contribution in [2.24, 2.45) is 0 Å². The first kappa shape index (κ1) is 13.0. The topological polar surface area (TPSA) is 9.23 Å². The van der Waals surface area contributed by atoms with Gasteiger partial charge in [0.25, 0.3) is 0 Å². The lowest BCUT2D eigenvalue weighted by molar-refractivity contribution is -0.0500. The molecule has 1 saturated heterocycles. The van der Waals surface area contributed by atoms with E-state index in [0.29, 0.717) is 6.10 Å². The van der Waals surface area contributed by atoms with Crippen LogP contribution in [0.3, 0.4) is 0 Å². The first-order valence-electron chi connectivity index (χ1n) is 6.86. The zero-order valence-electron chi connectivity index (χ0n) is 10.3. The fourth-order valence-corrected chi connectivity index (χ4v) is 2.02. The minimum atomic E-state index is 0.578. The molecule has 0 aromatic heterocycles. The van der Waals surface area contributed by atoms with Crippen LogP contribution in [0.1, 0.15) is 71.1 Å². The van der Waals surface area contributed by atoms with Crippen molar-refractivity contribution in [3.8, 4) is 0 Å². The summed E-state index contributed by atoms with van der Waals surface area (Å²) in [4.78, 5) is 0. The van der Waals surface area contributed by atoms with Gasteiger partial charge in [-0.2, -0.15) is 0 Å². The van der Waals surface area contributed by atoms with Gasteiger partial charge in [0.05, 0.1) is 6.10 Å². The minimum absolute atomic E-state index is 0.578. The van der Waals surface area contributed by atoms with E-state index in [2.05, 4.69) is 13.3 Å². The van der Waals surface area contributed by atoms with E-state index < -0.39 is 0 Å². The van der Waals surface area contributed by atoms with Gasteiger partial charge in [0, 0.05) is 6.61 Å². The second-order valence-electron chi connectivity index (χ2n) is 4.72. The second-order valence-corrected chi connectivity index (χ2v) is 4.72. The molecule has 0 N–H and O–H groups in total. The summed E-state index contributed by atoms with van der Waals surface area (Å²) in [5.41, 5.74) is 0. The van der Waals surface area contributed by atoms with Crippen LogP contribution in [0.4, 0.5) is 0 Å². The molecule has 1 fully saturated rings. The van der Waals surface area contributed by atoms with Crippen molar-refractivity contribution in [2.75, 3.05) is 6.61 Å². The normalized spacial score (nSPS) is 20.2. The zero-order chi connectivity index (χ0) is 10.8. The molecule has 0 aromatic carbocycles. The maximum absolute atomic E-state index is 5.37. The fraction of sp³-hybridized carbons (Fsp3) is 0.929. The van der Waals surface area contributed by atoms with Gasteiger partial charge in [-0.1, -0.05) is 58.3 Å². The van der Waals surface area contributed by atoms with Crippen molar-refractivity contribution in [3.63, 3.8) is 0 Å². The lowest BCUT2D eigenvalue weighted by Crippen LogP contribution is -2.26. The van der Waals surface area contributed by atoms with E-state index in [1.807, 2.05) is 0 Å². The molecule has 1 heterocycles. The number of hydrogen-bond donors (Lipinski definition) is 0. The van der Waals surface area contributed by atoms with Crippen LogP contribution >= 0.6 is 0 Å². The Morgan fingerprint density at radius 3 is 2.33 bits per heavy atom. The highest BCUT2D eigenvalue weighted by Gasteiger charge is 2.16. The predicted molar refractivity (Wildman–Crippen MR) is 65.9 cm³/mol. The van der Waals surface area contributed by atoms with Crippen molar-refractivity contribution in [1.82, 2.24) is 0 Å². The highest BCUT2D eigenvalue weighted by Crippen LogP contribution is 2.18. The van der Waals surface area contributed by atoms with Crippen molar-refractivity contribution < 1.29 is 4.74 Å². The maximum atomic E-state index is 5.37. The van der Waals surface area contributed by atoms with E-state index in [0.717, 1.165) is 6.61 Å². The molecule has 0 aromatic rings. The van der Waals surface area contributed by atoms with E-state index in [4.69, 9.17) is 4.74 Å². The molecule has 0 aliphatic carbocycles. The van der Waals surface area contributed by atoms with Crippen LogP contribution < -0.4 is 0 Å². The van der Waals surface area contributed by atoms with E-state index in [1.54, 1.807) is 0 Å². The first-order valence-corrected chi connectivity index (χ1v) is 6.86. The quantitative estimate of drug-likeness (QED) is 0.483. The average molecular weight is 211 g/mol. The molecule has 1 nitrogen and oxygen atoms in total. The highest BCUT2D eigenvalue weighted by molar-refractivity contribution is 4.75. The number of hydrogen-bond acceptors (Lipinski definition) is 1. The van der Waals surface area contributed by atoms with Gasteiger partial charge in [-0.3, -0.25) is 0 Å². The van der Waals surface area contributed by atoms with Crippen LogP contribution in [0.25, 0.3) is 0 Å². The van der Waals surface area contributed by atoms with E-state index >= 15 is 0 Å². The molecule has 0 saturated carbocycles. The third-order valence-corrected chi connectivity index (χ3v) is 3.23. The summed E-state index contributed by atoms with van der Waals surface area (Å²) in [6, 6.07) is 0. The Labute approximate surface area is 95.6 Å². The van der Waals surface area contributed by atoms with Gasteiger partial charge in [0.15, 0.2) is 0 Å². The molecule has 1 aliphatic heterocycles. The van der Waals surface area contributed by atoms with Gasteiger partial charge in [-0.15, -0.1) is 0 Å². The predicted octanol–water partition coefficient (Wildman–Crippen LogP) is 4.51. The molecule has 1 radical (unpaired) electrons. The molecule has 1 unspecified atom stereocenters. The molecule has 1 atom stereocenters. The Balaban J connectivity index is 1.66. The van der Waals surface area contributed by atoms with Crippen LogP contribution in [-0.2, 0) is 4.74 Å². The molecule has 1 aliphatic rings. The van der Waals surface area contributed by atoms with Gasteiger partial charge in [0.1, 0.15) is 0 Å². The Morgan fingerprint density at radius 2 is 1.73 bits per heavy atom. The summed E-state index contributed by atoms with van der Waals surface area (Å²) >= 11 is 0. The van der Waals surface area contributed by atoms with Crippen molar-refractivity contribution in [1.29, 1.82) is 0 Å². The Hall–Kier alpha value is -0.0400. The van der Waals surface area contributed by atoms with Gasteiger partial charge >= 0.3 is 0 Å². The molecular formula is C14H27O. The molecule has 1 heteroatoms. The van der Waals surface area contributed by atoms with E-state index in [-0.39, 0.29) is 0 Å². The fourth-order valence-electron chi connectivity index (χ4n) is 2.02. The summed E-state index contributed by atoms with van der Waals surface area (Å²) in [6.45, 7) is 3.27. The number of unbranched alkanes of at least 4 members (excludes halogenated alkanes) is 8. The number of rotatable bonds is 10. The van der Waals surface area contributed by atoms with Crippen LogP contribution in [0.5, 0.6) is 0 Å². The van der Waals surface area contributed by atoms with Crippen molar-refractivity contribution >= 4 is 0 Å². The Bertz CT molecular complexity index is 129. The zero-order valence-corrected chi connectivity index (χ0v) is 10.3. The van der Waals surface area contributed by atoms with Gasteiger partial charge in [-0.05, 0) is 19.3 Å². The van der Waals surface area contributed by atoms with Crippen LogP contribution in [0, 0.1) is 6.42 Å². The summed E-state index contributed by atoms with van der Waals surface area (Å²) in [6.07, 6.45) is 16.7. The van der Waals surface area contributed by atoms with Crippen LogP contribution in [0.2, 0.25) is 0 Å². The maximum Gasteiger partial charge on any atom is 0.0599 e. The standard InChI is InChI=1S/C14H27O/c1-2-3-4-5-6-7-8-9-10-11-14-12-13-15-14/h10,14H,2-9,11-13H2,1H3. The molecule has 0 spiro atoms. The Kier molecular flexibility index (Phi) is 7.99. The van der Waals surface area contributed by atoms with Crippen LogP contribution in [-0.4, -0.2) is 12.7 Å². The molecule has 0 amide bonds. The third kappa shape index (κ3) is 6.94. The van der Waals surface area contributed by atoms with Crippen molar-refractivity contribution in [2.45, 2.75) is 77.2 Å². The largest absolute Gasteiger partial charge is 0.378 e. The lowest BCUT2D eigenvalue weighted by atomic mass is 10.0. The molecule has 0 bridgehead atoms. The number of ether oxygens (including phenoxy) is 1. The highest BCUT2D eigenvalue weighted by atomic mass is 16.5. The minimum Gasteiger partial charge on any atom is -0.378 e. The molecule has 15 heavy (non-hydrogen) atoms. The average Bonchev–Trinajstić information content (AvgIpc) is 2.18. The monoisotopic (exact) mass is 211 g/mol. The van der Waals surface area contributed by atoms with Crippen LogP contribution in [0.15, 0.2) is 0 Å². The summed E-state index contributed by atoms with van der Waals surface area (Å²) in [7, 11) is 0. The van der Waals surface area contributed by atoms with E-state index in [9.17, 15) is 0 Å². The molecular weight excluding hydrogens is 184 g/mol. The third-order valence-electron chi connectivity index (χ3n) is 3.23. The first-order chi connectivity index (χ1) is 7.43. The second kappa shape index (κ2) is 9.21. The van der Waals surface area contributed by atoms with Gasteiger partial charge in [0.2, 0.25) is 0 Å². The summed E-state index contributed by atoms with van der Waals surface area (Å²) in [5, 5.41) is 0. The lowest BCUT2D eigenvalue weighted by Gasteiger charge is -2.26. The summed E-state index contributed by atoms with van der Waals surface area (Å²) < 4.78 is 5.37.